The van der Waals surface area contributed by atoms with Crippen LogP contribution in [0.3, 0.4) is 0 Å². The zero-order valence-electron chi connectivity index (χ0n) is 20.1. The lowest BCUT2D eigenvalue weighted by Gasteiger charge is -2.53. The average Bonchev–Trinajstić information content (AvgIpc) is 2.84. The lowest BCUT2D eigenvalue weighted by molar-refractivity contribution is -0.144. The fourth-order valence-electron chi connectivity index (χ4n) is 6.43. The van der Waals surface area contributed by atoms with Gasteiger partial charge in [-0.25, -0.2) is 4.79 Å². The number of nitrogens with zero attached hydrogens (tertiary/aromatic N) is 3. The molecule has 3 atom stereocenters. The van der Waals surface area contributed by atoms with E-state index in [9.17, 15) is 14.4 Å². The molecule has 4 aliphatic heterocycles. The molecule has 2 bridgehead atoms. The van der Waals surface area contributed by atoms with Crippen LogP contribution in [0.1, 0.15) is 44.1 Å². The molecule has 0 saturated carbocycles. The van der Waals surface area contributed by atoms with Gasteiger partial charge < -0.3 is 24.8 Å². The van der Waals surface area contributed by atoms with Crippen molar-refractivity contribution >= 4 is 17.8 Å². The van der Waals surface area contributed by atoms with E-state index in [0.29, 0.717) is 49.7 Å². The van der Waals surface area contributed by atoms with E-state index in [1.807, 2.05) is 34.1 Å². The first-order valence-electron chi connectivity index (χ1n) is 12.8. The molecule has 34 heavy (non-hydrogen) atoms. The number of carbonyl (C=O) groups excluding carboxylic acids is 3. The zero-order chi connectivity index (χ0) is 23.7. The summed E-state index contributed by atoms with van der Waals surface area (Å²) in [6, 6.07) is 8.13. The van der Waals surface area contributed by atoms with Gasteiger partial charge >= 0.3 is 6.03 Å². The van der Waals surface area contributed by atoms with Crippen molar-refractivity contribution in [3.8, 4) is 5.75 Å². The molecule has 5 rings (SSSR count). The number of ether oxygens (including phenoxy) is 1. The predicted molar refractivity (Wildman–Crippen MR) is 127 cm³/mol. The van der Waals surface area contributed by atoms with Gasteiger partial charge in [0.1, 0.15) is 5.75 Å². The Kier molecular flexibility index (Phi) is 6.66. The molecule has 4 saturated heterocycles. The SMILES string of the molecule is COc1cccc(CC(=O)NC2CCN(C(=O)N3CC4CC(C3)[C@H]3CCCC(=O)N3C4)CC2)c1. The number of nitrogens with one attached hydrogen (secondary N) is 1. The number of rotatable bonds is 4. The van der Waals surface area contributed by atoms with Crippen LogP contribution in [-0.4, -0.2) is 84.5 Å². The van der Waals surface area contributed by atoms with Gasteiger partial charge in [0.15, 0.2) is 0 Å². The molecule has 4 aliphatic rings. The molecule has 1 N–H and O–H groups in total. The molecule has 0 spiro atoms. The number of carbonyl (C=O) groups is 3. The Hall–Kier alpha value is -2.77. The van der Waals surface area contributed by atoms with Crippen molar-refractivity contribution < 1.29 is 19.1 Å². The van der Waals surface area contributed by atoms with Crippen LogP contribution < -0.4 is 10.1 Å². The third-order valence-electron chi connectivity index (χ3n) is 8.08. The zero-order valence-corrected chi connectivity index (χ0v) is 20.1. The Morgan fingerprint density at radius 2 is 1.91 bits per heavy atom. The maximum absolute atomic E-state index is 13.3. The van der Waals surface area contributed by atoms with Gasteiger partial charge in [0.2, 0.25) is 11.8 Å². The summed E-state index contributed by atoms with van der Waals surface area (Å²) in [5.74, 6) is 1.88. The van der Waals surface area contributed by atoms with Crippen LogP contribution >= 0.6 is 0 Å². The number of benzene rings is 1. The van der Waals surface area contributed by atoms with Gasteiger partial charge in [-0.15, -0.1) is 0 Å². The van der Waals surface area contributed by atoms with Crippen molar-refractivity contribution in [2.24, 2.45) is 11.8 Å². The number of hydrogen-bond acceptors (Lipinski definition) is 4. The number of piperidine rings is 4. The molecule has 8 nitrogen and oxygen atoms in total. The average molecular weight is 469 g/mol. The number of likely N-dealkylation sites (tertiary alicyclic amines) is 2. The topological polar surface area (TPSA) is 82.2 Å². The molecular formula is C26H36N4O4. The van der Waals surface area contributed by atoms with Gasteiger partial charge in [0, 0.05) is 51.2 Å². The second-order valence-corrected chi connectivity index (χ2v) is 10.4. The first-order chi connectivity index (χ1) is 16.5. The predicted octanol–water partition coefficient (Wildman–Crippen LogP) is 2.27. The van der Waals surface area contributed by atoms with Crippen molar-refractivity contribution in [1.82, 2.24) is 20.0 Å². The minimum atomic E-state index is 0.00784. The standard InChI is InChI=1S/C26H36N4O4/c1-34-22-5-2-4-18(13-22)14-24(31)27-21-8-10-28(11-9-21)26(33)29-15-19-12-20(17-29)23-6-3-7-25(32)30(23)16-19/h2,4-5,13,19-21,23H,3,6-12,14-17H2,1H3,(H,27,31)/t19?,20?,23-/m1/s1. The largest absolute Gasteiger partial charge is 0.497 e. The van der Waals surface area contributed by atoms with E-state index in [0.717, 1.165) is 63.1 Å². The van der Waals surface area contributed by atoms with Crippen LogP contribution in [0.2, 0.25) is 0 Å². The summed E-state index contributed by atoms with van der Waals surface area (Å²) in [4.78, 5) is 44.3. The minimum absolute atomic E-state index is 0.00784. The highest BCUT2D eigenvalue weighted by Gasteiger charge is 2.45. The quantitative estimate of drug-likeness (QED) is 0.735. The summed E-state index contributed by atoms with van der Waals surface area (Å²) in [5, 5.41) is 3.14. The van der Waals surface area contributed by atoms with Crippen LogP contribution in [0.25, 0.3) is 0 Å². The Labute approximate surface area is 201 Å². The summed E-state index contributed by atoms with van der Waals surface area (Å²) in [5.41, 5.74) is 0.929. The molecule has 4 amide bonds. The van der Waals surface area contributed by atoms with E-state index in [1.165, 1.54) is 0 Å². The molecule has 2 unspecified atom stereocenters. The number of hydrogen-bond donors (Lipinski definition) is 1. The van der Waals surface area contributed by atoms with Crippen molar-refractivity contribution in [3.63, 3.8) is 0 Å². The maximum atomic E-state index is 13.3. The van der Waals surface area contributed by atoms with Crippen molar-refractivity contribution in [2.75, 3.05) is 39.8 Å². The van der Waals surface area contributed by atoms with E-state index < -0.39 is 0 Å². The van der Waals surface area contributed by atoms with Crippen LogP contribution in [0, 0.1) is 11.8 Å². The van der Waals surface area contributed by atoms with E-state index in [-0.39, 0.29) is 18.0 Å². The van der Waals surface area contributed by atoms with Gasteiger partial charge in [-0.3, -0.25) is 9.59 Å². The van der Waals surface area contributed by atoms with Gasteiger partial charge in [-0.2, -0.15) is 0 Å². The molecule has 4 fully saturated rings. The summed E-state index contributed by atoms with van der Waals surface area (Å²) in [7, 11) is 1.62. The van der Waals surface area contributed by atoms with E-state index >= 15 is 0 Å². The second kappa shape index (κ2) is 9.84. The van der Waals surface area contributed by atoms with Crippen molar-refractivity contribution in [1.29, 1.82) is 0 Å². The Balaban J connectivity index is 1.10. The van der Waals surface area contributed by atoms with E-state index in [4.69, 9.17) is 4.74 Å². The van der Waals surface area contributed by atoms with Crippen molar-refractivity contribution in [3.05, 3.63) is 29.8 Å². The molecular weight excluding hydrogens is 432 g/mol. The molecule has 8 heteroatoms. The molecule has 0 aliphatic carbocycles. The summed E-state index contributed by atoms with van der Waals surface area (Å²) >= 11 is 0. The molecule has 1 aromatic carbocycles. The monoisotopic (exact) mass is 468 g/mol. The van der Waals surface area contributed by atoms with Gasteiger partial charge in [0.25, 0.3) is 0 Å². The van der Waals surface area contributed by atoms with E-state index in [2.05, 4.69) is 10.2 Å². The van der Waals surface area contributed by atoms with Crippen molar-refractivity contribution in [2.45, 2.75) is 57.0 Å². The number of amides is 4. The van der Waals surface area contributed by atoms with Crippen LogP contribution in [0.5, 0.6) is 5.75 Å². The smallest absolute Gasteiger partial charge is 0.320 e. The first kappa shape index (κ1) is 23.0. The highest BCUT2D eigenvalue weighted by atomic mass is 16.5. The van der Waals surface area contributed by atoms with Gasteiger partial charge in [-0.1, -0.05) is 12.1 Å². The van der Waals surface area contributed by atoms with Crippen LogP contribution in [0.15, 0.2) is 24.3 Å². The van der Waals surface area contributed by atoms with Gasteiger partial charge in [-0.05, 0) is 61.6 Å². The van der Waals surface area contributed by atoms with Crippen LogP contribution in [-0.2, 0) is 16.0 Å². The maximum Gasteiger partial charge on any atom is 0.320 e. The number of fused-ring (bicyclic) bond motifs is 4. The number of urea groups is 1. The Morgan fingerprint density at radius 1 is 1.09 bits per heavy atom. The first-order valence-corrected chi connectivity index (χ1v) is 12.8. The minimum Gasteiger partial charge on any atom is -0.497 e. The summed E-state index contributed by atoms with van der Waals surface area (Å²) < 4.78 is 5.23. The third kappa shape index (κ3) is 4.86. The molecule has 184 valence electrons. The number of methoxy groups -OCH3 is 1. The lowest BCUT2D eigenvalue weighted by Crippen LogP contribution is -2.62. The van der Waals surface area contributed by atoms with E-state index in [1.54, 1.807) is 7.11 Å². The molecule has 4 heterocycles. The summed E-state index contributed by atoms with van der Waals surface area (Å²) in [6.45, 7) is 3.67. The Bertz CT molecular complexity index is 929. The normalized spacial score (nSPS) is 27.3. The fourth-order valence-corrected chi connectivity index (χ4v) is 6.43. The van der Waals surface area contributed by atoms with Gasteiger partial charge in [0.05, 0.1) is 13.5 Å². The second-order valence-electron chi connectivity index (χ2n) is 10.4. The summed E-state index contributed by atoms with van der Waals surface area (Å²) in [6.07, 6.45) is 5.76. The molecule has 1 aromatic rings. The highest BCUT2D eigenvalue weighted by Crippen LogP contribution is 2.38. The highest BCUT2D eigenvalue weighted by molar-refractivity contribution is 5.79. The lowest BCUT2D eigenvalue weighted by atomic mass is 9.76. The fraction of sp³-hybridized carbons (Fsp3) is 0.654. The molecule has 0 aromatic heterocycles. The van der Waals surface area contributed by atoms with Crippen LogP contribution in [0.4, 0.5) is 4.79 Å². The Morgan fingerprint density at radius 3 is 2.71 bits per heavy atom. The molecule has 0 radical (unpaired) electrons. The third-order valence-corrected chi connectivity index (χ3v) is 8.08.